The van der Waals surface area contributed by atoms with Crippen molar-refractivity contribution in [2.45, 2.75) is 32.0 Å². The molecule has 3 nitrogen and oxygen atoms in total. The highest BCUT2D eigenvalue weighted by Gasteiger charge is 2.13. The third-order valence-electron chi connectivity index (χ3n) is 3.96. The van der Waals surface area contributed by atoms with Crippen LogP contribution in [-0.4, -0.2) is 29.8 Å². The summed E-state index contributed by atoms with van der Waals surface area (Å²) in [6, 6.07) is 18.5. The average Bonchev–Trinajstić information content (AvgIpc) is 2.61. The lowest BCUT2D eigenvalue weighted by atomic mass is 10.1. The second kappa shape index (κ2) is 9.91. The molecule has 1 N–H and O–H groups in total. The molecule has 0 aliphatic rings. The van der Waals surface area contributed by atoms with E-state index in [1.165, 1.54) is 11.1 Å². The molecule has 0 aliphatic heterocycles. The minimum absolute atomic E-state index is 0.350. The van der Waals surface area contributed by atoms with Crippen molar-refractivity contribution in [3.8, 4) is 5.75 Å². The molecule has 0 unspecified atom stereocenters. The van der Waals surface area contributed by atoms with Gasteiger partial charge in [0.25, 0.3) is 0 Å². The quantitative estimate of drug-likeness (QED) is 0.670. The largest absolute Gasteiger partial charge is 0.497 e. The van der Waals surface area contributed by atoms with Gasteiger partial charge < -0.3 is 9.84 Å². The molecule has 0 aromatic heterocycles. The van der Waals surface area contributed by atoms with Gasteiger partial charge in [0.05, 0.1) is 13.2 Å². The first-order valence-corrected chi connectivity index (χ1v) is 8.39. The molecule has 1 atom stereocenters. The number of aliphatic hydroxyl groups excluding tert-OH is 1. The number of nitrogens with zero attached hydrogens (tertiary/aromatic N) is 1. The van der Waals surface area contributed by atoms with Gasteiger partial charge in [0.15, 0.2) is 0 Å². The molecule has 2 aromatic carbocycles. The highest BCUT2D eigenvalue weighted by molar-refractivity contribution is 5.28. The van der Waals surface area contributed by atoms with Crippen molar-refractivity contribution in [3.05, 3.63) is 78.4 Å². The van der Waals surface area contributed by atoms with Gasteiger partial charge in [-0.25, -0.2) is 0 Å². The van der Waals surface area contributed by atoms with Gasteiger partial charge in [0.1, 0.15) is 5.75 Å². The molecule has 2 aromatic rings. The van der Waals surface area contributed by atoms with E-state index in [-0.39, 0.29) is 6.10 Å². The molecule has 3 heteroatoms. The molecule has 24 heavy (non-hydrogen) atoms. The lowest BCUT2D eigenvalue weighted by Crippen LogP contribution is -2.31. The molecular formula is C21H27NO2. The number of ether oxygens (including phenoxy) is 1. The molecule has 128 valence electrons. The van der Waals surface area contributed by atoms with E-state index >= 15 is 0 Å². The van der Waals surface area contributed by atoms with Crippen LogP contribution in [0.1, 0.15) is 24.0 Å². The van der Waals surface area contributed by atoms with Gasteiger partial charge >= 0.3 is 0 Å². The van der Waals surface area contributed by atoms with E-state index in [1.54, 1.807) is 7.11 Å². The predicted octanol–water partition coefficient (Wildman–Crippen LogP) is 4.02. The SMILES string of the molecule is C=CCC[C@H](O)CN(Cc1ccccc1)Cc1cccc(OC)c1. The second-order valence-corrected chi connectivity index (χ2v) is 6.03. The standard InChI is InChI=1S/C21H27NO2/c1-3-4-12-20(23)17-22(15-18-9-6-5-7-10-18)16-19-11-8-13-21(14-19)24-2/h3,5-11,13-14,20,23H,1,4,12,15-17H2,2H3/t20-/m0/s1. The zero-order valence-corrected chi connectivity index (χ0v) is 14.4. The fourth-order valence-corrected chi connectivity index (χ4v) is 2.76. The number of aliphatic hydroxyl groups is 1. The summed E-state index contributed by atoms with van der Waals surface area (Å²) < 4.78 is 5.31. The van der Waals surface area contributed by atoms with Crippen LogP contribution >= 0.6 is 0 Å². The van der Waals surface area contributed by atoms with Gasteiger partial charge in [-0.2, -0.15) is 0 Å². The van der Waals surface area contributed by atoms with Crippen molar-refractivity contribution in [1.29, 1.82) is 0 Å². The molecule has 0 aliphatic carbocycles. The zero-order chi connectivity index (χ0) is 17.2. The molecule has 0 heterocycles. The molecular weight excluding hydrogens is 298 g/mol. The summed E-state index contributed by atoms with van der Waals surface area (Å²) in [5.41, 5.74) is 2.43. The van der Waals surface area contributed by atoms with Crippen molar-refractivity contribution in [2.24, 2.45) is 0 Å². The minimum atomic E-state index is -0.350. The second-order valence-electron chi connectivity index (χ2n) is 6.03. The highest BCUT2D eigenvalue weighted by atomic mass is 16.5. The maximum Gasteiger partial charge on any atom is 0.119 e. The Morgan fingerprint density at radius 2 is 1.79 bits per heavy atom. The van der Waals surface area contributed by atoms with Crippen molar-refractivity contribution in [1.82, 2.24) is 4.90 Å². The summed E-state index contributed by atoms with van der Waals surface area (Å²) in [4.78, 5) is 2.28. The number of hydrogen-bond donors (Lipinski definition) is 1. The van der Waals surface area contributed by atoms with Crippen LogP contribution in [0.25, 0.3) is 0 Å². The Labute approximate surface area is 145 Å². The van der Waals surface area contributed by atoms with Crippen LogP contribution in [0, 0.1) is 0 Å². The van der Waals surface area contributed by atoms with E-state index in [0.717, 1.165) is 31.7 Å². The van der Waals surface area contributed by atoms with Crippen molar-refractivity contribution in [2.75, 3.05) is 13.7 Å². The molecule has 0 saturated heterocycles. The van der Waals surface area contributed by atoms with Gasteiger partial charge in [0, 0.05) is 19.6 Å². The fourth-order valence-electron chi connectivity index (χ4n) is 2.76. The van der Waals surface area contributed by atoms with Gasteiger partial charge in [-0.1, -0.05) is 48.5 Å². The van der Waals surface area contributed by atoms with E-state index in [0.29, 0.717) is 6.54 Å². The Morgan fingerprint density at radius 1 is 1.08 bits per heavy atom. The lowest BCUT2D eigenvalue weighted by molar-refractivity contribution is 0.0984. The number of rotatable bonds is 10. The Kier molecular flexibility index (Phi) is 7.53. The van der Waals surface area contributed by atoms with E-state index in [4.69, 9.17) is 4.74 Å². The van der Waals surface area contributed by atoms with Crippen LogP contribution < -0.4 is 4.74 Å². The molecule has 0 amide bonds. The van der Waals surface area contributed by atoms with Crippen LogP contribution in [0.15, 0.2) is 67.3 Å². The first kappa shape index (κ1) is 18.2. The van der Waals surface area contributed by atoms with E-state index in [2.05, 4.69) is 29.7 Å². The third-order valence-corrected chi connectivity index (χ3v) is 3.96. The zero-order valence-electron chi connectivity index (χ0n) is 14.4. The summed E-state index contributed by atoms with van der Waals surface area (Å²) in [5.74, 6) is 0.861. The van der Waals surface area contributed by atoms with Gasteiger partial charge in [-0.15, -0.1) is 6.58 Å². The van der Waals surface area contributed by atoms with Gasteiger partial charge in [0.2, 0.25) is 0 Å². The average molecular weight is 325 g/mol. The monoisotopic (exact) mass is 325 g/mol. The topological polar surface area (TPSA) is 32.7 Å². The molecule has 0 spiro atoms. The van der Waals surface area contributed by atoms with Crippen LogP contribution in [0.4, 0.5) is 0 Å². The maximum absolute atomic E-state index is 10.3. The Morgan fingerprint density at radius 3 is 2.50 bits per heavy atom. The minimum Gasteiger partial charge on any atom is -0.497 e. The summed E-state index contributed by atoms with van der Waals surface area (Å²) in [7, 11) is 1.68. The van der Waals surface area contributed by atoms with E-state index < -0.39 is 0 Å². The maximum atomic E-state index is 10.3. The summed E-state index contributed by atoms with van der Waals surface area (Å²) in [6.07, 6.45) is 3.08. The summed E-state index contributed by atoms with van der Waals surface area (Å²) >= 11 is 0. The number of allylic oxidation sites excluding steroid dienone is 1. The summed E-state index contributed by atoms with van der Waals surface area (Å²) in [5, 5.41) is 10.3. The van der Waals surface area contributed by atoms with Crippen molar-refractivity contribution < 1.29 is 9.84 Å². The van der Waals surface area contributed by atoms with Crippen molar-refractivity contribution >= 4 is 0 Å². The molecule has 0 radical (unpaired) electrons. The van der Waals surface area contributed by atoms with Gasteiger partial charge in [-0.3, -0.25) is 4.90 Å². The van der Waals surface area contributed by atoms with Crippen LogP contribution in [0.5, 0.6) is 5.75 Å². The van der Waals surface area contributed by atoms with Crippen LogP contribution in [0.2, 0.25) is 0 Å². The first-order chi connectivity index (χ1) is 11.7. The van der Waals surface area contributed by atoms with E-state index in [1.807, 2.05) is 42.5 Å². The molecule has 2 rings (SSSR count). The smallest absolute Gasteiger partial charge is 0.119 e. The Bertz CT molecular complexity index is 612. The van der Waals surface area contributed by atoms with Crippen LogP contribution in [-0.2, 0) is 13.1 Å². The highest BCUT2D eigenvalue weighted by Crippen LogP contribution is 2.16. The van der Waals surface area contributed by atoms with Crippen molar-refractivity contribution in [3.63, 3.8) is 0 Å². The third kappa shape index (κ3) is 6.19. The molecule has 0 fully saturated rings. The molecule has 0 saturated carbocycles. The van der Waals surface area contributed by atoms with Crippen LogP contribution in [0.3, 0.4) is 0 Å². The predicted molar refractivity (Wildman–Crippen MR) is 99.0 cm³/mol. The van der Waals surface area contributed by atoms with E-state index in [9.17, 15) is 5.11 Å². The fraction of sp³-hybridized carbons (Fsp3) is 0.333. The Hall–Kier alpha value is -2.10. The lowest BCUT2D eigenvalue weighted by Gasteiger charge is -2.25. The molecule has 0 bridgehead atoms. The Balaban J connectivity index is 2.07. The number of methoxy groups -OCH3 is 1. The normalized spacial score (nSPS) is 12.1. The summed E-state index contributed by atoms with van der Waals surface area (Å²) in [6.45, 7) is 5.95. The number of hydrogen-bond acceptors (Lipinski definition) is 3. The number of benzene rings is 2. The van der Waals surface area contributed by atoms with Gasteiger partial charge in [-0.05, 0) is 36.1 Å². The first-order valence-electron chi connectivity index (χ1n) is 8.39.